The first-order valence-corrected chi connectivity index (χ1v) is 11.2. The van der Waals surface area contributed by atoms with E-state index in [1.54, 1.807) is 12.4 Å². The molecule has 0 atom stereocenters. The highest BCUT2D eigenvalue weighted by Crippen LogP contribution is 2.26. The fraction of sp³-hybridized carbons (Fsp3) is 0.478. The number of aryl methyl sites for hydroxylation is 1. The topological polar surface area (TPSA) is 99.7 Å². The maximum Gasteiger partial charge on any atom is 0.225 e. The van der Waals surface area contributed by atoms with Gasteiger partial charge >= 0.3 is 0 Å². The lowest BCUT2D eigenvalue weighted by atomic mass is 10.0. The van der Waals surface area contributed by atoms with Crippen LogP contribution in [0.25, 0.3) is 0 Å². The van der Waals surface area contributed by atoms with Crippen molar-refractivity contribution in [1.29, 1.82) is 0 Å². The summed E-state index contributed by atoms with van der Waals surface area (Å²) in [4.78, 5) is 36.7. The standard InChI is InChI=1S/C23H30N6O3/c30-21(3-1-16-32-19-5-6-20-18(17-19)4-7-22(31)27-20)24-10-11-28-12-14-29(15-13-28)23-25-8-2-9-26-23/h2,5-6,8-9,17H,1,3-4,7,10-16H2,(H,24,30)(H,27,31). The number of carbonyl (C=O) groups is 2. The number of hydrogen-bond acceptors (Lipinski definition) is 7. The molecule has 1 aromatic carbocycles. The van der Waals surface area contributed by atoms with Gasteiger partial charge in [0.2, 0.25) is 17.8 Å². The van der Waals surface area contributed by atoms with Crippen molar-refractivity contribution in [3.63, 3.8) is 0 Å². The molecule has 1 fully saturated rings. The van der Waals surface area contributed by atoms with Gasteiger partial charge in [-0.3, -0.25) is 14.5 Å². The molecule has 32 heavy (non-hydrogen) atoms. The minimum atomic E-state index is 0.0538. The molecule has 0 aliphatic carbocycles. The van der Waals surface area contributed by atoms with Gasteiger partial charge in [0.25, 0.3) is 0 Å². The lowest BCUT2D eigenvalue weighted by Gasteiger charge is -2.34. The molecule has 2 aliphatic rings. The van der Waals surface area contributed by atoms with Crippen molar-refractivity contribution >= 4 is 23.5 Å². The Morgan fingerprint density at radius 2 is 1.94 bits per heavy atom. The highest BCUT2D eigenvalue weighted by atomic mass is 16.5. The average Bonchev–Trinajstić information content (AvgIpc) is 2.83. The zero-order valence-electron chi connectivity index (χ0n) is 18.3. The van der Waals surface area contributed by atoms with Crippen molar-refractivity contribution in [2.24, 2.45) is 0 Å². The Labute approximate surface area is 188 Å². The maximum atomic E-state index is 12.1. The minimum Gasteiger partial charge on any atom is -0.494 e. The zero-order chi connectivity index (χ0) is 22.2. The van der Waals surface area contributed by atoms with Crippen LogP contribution in [0.1, 0.15) is 24.8 Å². The number of amides is 2. The van der Waals surface area contributed by atoms with Crippen molar-refractivity contribution in [3.05, 3.63) is 42.2 Å². The van der Waals surface area contributed by atoms with Crippen LogP contribution < -0.4 is 20.3 Å². The lowest BCUT2D eigenvalue weighted by Crippen LogP contribution is -2.49. The fourth-order valence-corrected chi connectivity index (χ4v) is 3.94. The van der Waals surface area contributed by atoms with Gasteiger partial charge in [0.05, 0.1) is 6.61 Å². The van der Waals surface area contributed by atoms with Gasteiger partial charge in [-0.1, -0.05) is 0 Å². The summed E-state index contributed by atoms with van der Waals surface area (Å²) in [5.74, 6) is 1.67. The smallest absolute Gasteiger partial charge is 0.225 e. The molecule has 0 spiro atoms. The van der Waals surface area contributed by atoms with E-state index in [1.807, 2.05) is 24.3 Å². The lowest BCUT2D eigenvalue weighted by molar-refractivity contribution is -0.121. The number of rotatable bonds is 9. The number of anilines is 2. The summed E-state index contributed by atoms with van der Waals surface area (Å²) in [6.45, 7) is 5.64. The van der Waals surface area contributed by atoms with Crippen molar-refractivity contribution in [2.75, 3.05) is 56.1 Å². The molecule has 170 valence electrons. The number of piperazine rings is 1. The first-order chi connectivity index (χ1) is 15.7. The van der Waals surface area contributed by atoms with E-state index in [-0.39, 0.29) is 11.8 Å². The third-order valence-corrected chi connectivity index (χ3v) is 5.75. The Morgan fingerprint density at radius 1 is 1.12 bits per heavy atom. The molecule has 9 nitrogen and oxygen atoms in total. The highest BCUT2D eigenvalue weighted by molar-refractivity contribution is 5.94. The van der Waals surface area contributed by atoms with Crippen LogP contribution in [-0.2, 0) is 16.0 Å². The second-order valence-electron chi connectivity index (χ2n) is 8.05. The maximum absolute atomic E-state index is 12.1. The normalized spacial score (nSPS) is 16.2. The van der Waals surface area contributed by atoms with Crippen molar-refractivity contribution < 1.29 is 14.3 Å². The van der Waals surface area contributed by atoms with Crippen LogP contribution in [0.4, 0.5) is 11.6 Å². The molecule has 1 aromatic heterocycles. The van der Waals surface area contributed by atoms with Gasteiger partial charge in [0, 0.05) is 70.2 Å². The number of nitrogens with one attached hydrogen (secondary N) is 2. The molecule has 2 aliphatic heterocycles. The number of ether oxygens (including phenoxy) is 1. The fourth-order valence-electron chi connectivity index (χ4n) is 3.94. The number of carbonyl (C=O) groups excluding carboxylic acids is 2. The zero-order valence-corrected chi connectivity index (χ0v) is 18.3. The summed E-state index contributed by atoms with van der Waals surface area (Å²) in [5.41, 5.74) is 1.96. The summed E-state index contributed by atoms with van der Waals surface area (Å²) in [6.07, 6.45) is 5.88. The van der Waals surface area contributed by atoms with E-state index in [4.69, 9.17) is 4.74 Å². The molecule has 0 radical (unpaired) electrons. The van der Waals surface area contributed by atoms with Gasteiger partial charge in [-0.25, -0.2) is 9.97 Å². The Balaban J connectivity index is 1.07. The summed E-state index contributed by atoms with van der Waals surface area (Å²) < 4.78 is 5.78. The molecule has 1 saturated heterocycles. The van der Waals surface area contributed by atoms with Gasteiger partial charge in [-0.15, -0.1) is 0 Å². The largest absolute Gasteiger partial charge is 0.494 e. The predicted octanol–water partition coefficient (Wildman–Crippen LogP) is 1.46. The van der Waals surface area contributed by atoms with Crippen LogP contribution in [0.5, 0.6) is 5.75 Å². The third kappa shape index (κ3) is 6.16. The third-order valence-electron chi connectivity index (χ3n) is 5.75. The molecule has 2 amide bonds. The summed E-state index contributed by atoms with van der Waals surface area (Å²) in [6, 6.07) is 7.53. The van der Waals surface area contributed by atoms with Crippen LogP contribution in [0.2, 0.25) is 0 Å². The number of aromatic nitrogens is 2. The van der Waals surface area contributed by atoms with Gasteiger partial charge in [-0.2, -0.15) is 0 Å². The quantitative estimate of drug-likeness (QED) is 0.572. The van der Waals surface area contributed by atoms with Gasteiger partial charge in [0.1, 0.15) is 5.75 Å². The molecule has 4 rings (SSSR count). The minimum absolute atomic E-state index is 0.0538. The molecule has 3 heterocycles. The number of fused-ring (bicyclic) bond motifs is 1. The van der Waals surface area contributed by atoms with E-state index in [2.05, 4.69) is 30.4 Å². The monoisotopic (exact) mass is 438 g/mol. The molecule has 9 heteroatoms. The SMILES string of the molecule is O=C(CCCOc1ccc2c(c1)CCC(=O)N2)NCCN1CCN(c2ncccn2)CC1. The van der Waals surface area contributed by atoms with Gasteiger partial charge in [0.15, 0.2) is 0 Å². The van der Waals surface area contributed by atoms with E-state index < -0.39 is 0 Å². The second kappa shape index (κ2) is 10.9. The highest BCUT2D eigenvalue weighted by Gasteiger charge is 2.18. The van der Waals surface area contributed by atoms with Crippen molar-refractivity contribution in [2.45, 2.75) is 25.7 Å². The van der Waals surface area contributed by atoms with Crippen LogP contribution in [-0.4, -0.2) is 72.6 Å². The van der Waals surface area contributed by atoms with Gasteiger partial charge in [-0.05, 0) is 42.7 Å². The van der Waals surface area contributed by atoms with Gasteiger partial charge < -0.3 is 20.3 Å². The number of benzene rings is 1. The molecule has 0 bridgehead atoms. The molecule has 2 aromatic rings. The first kappa shape index (κ1) is 22.0. The van der Waals surface area contributed by atoms with Crippen LogP contribution in [0.15, 0.2) is 36.7 Å². The Hall–Kier alpha value is -3.20. The molecule has 0 saturated carbocycles. The molecular weight excluding hydrogens is 408 g/mol. The Morgan fingerprint density at radius 3 is 2.75 bits per heavy atom. The summed E-state index contributed by atoms with van der Waals surface area (Å²) >= 11 is 0. The Kier molecular flexibility index (Phi) is 7.50. The molecule has 0 unspecified atom stereocenters. The van der Waals surface area contributed by atoms with Crippen LogP contribution in [0.3, 0.4) is 0 Å². The summed E-state index contributed by atoms with van der Waals surface area (Å²) in [5, 5.41) is 5.87. The summed E-state index contributed by atoms with van der Waals surface area (Å²) in [7, 11) is 0. The van der Waals surface area contributed by atoms with E-state index in [0.29, 0.717) is 32.4 Å². The van der Waals surface area contributed by atoms with Crippen molar-refractivity contribution in [1.82, 2.24) is 20.2 Å². The van der Waals surface area contributed by atoms with Crippen LogP contribution >= 0.6 is 0 Å². The predicted molar refractivity (Wildman–Crippen MR) is 122 cm³/mol. The van der Waals surface area contributed by atoms with E-state index in [9.17, 15) is 9.59 Å². The van der Waals surface area contributed by atoms with E-state index in [0.717, 1.165) is 62.1 Å². The first-order valence-electron chi connectivity index (χ1n) is 11.2. The molecule has 2 N–H and O–H groups in total. The number of hydrogen-bond donors (Lipinski definition) is 2. The molecular formula is C23H30N6O3. The van der Waals surface area contributed by atoms with E-state index in [1.165, 1.54) is 0 Å². The average molecular weight is 439 g/mol. The van der Waals surface area contributed by atoms with Crippen molar-refractivity contribution in [3.8, 4) is 5.75 Å². The number of nitrogens with zero attached hydrogens (tertiary/aromatic N) is 4. The Bertz CT molecular complexity index is 915. The van der Waals surface area contributed by atoms with Crippen LogP contribution in [0, 0.1) is 0 Å². The van der Waals surface area contributed by atoms with E-state index >= 15 is 0 Å². The second-order valence-corrected chi connectivity index (χ2v) is 8.05.